The average molecular weight is 303 g/mol. The van der Waals surface area contributed by atoms with E-state index >= 15 is 0 Å². The number of benzene rings is 1. The number of ether oxygens (including phenoxy) is 1. The van der Waals surface area contributed by atoms with Crippen LogP contribution in [0.2, 0.25) is 0 Å². The van der Waals surface area contributed by atoms with Crippen molar-refractivity contribution in [1.29, 1.82) is 0 Å². The topological polar surface area (TPSA) is 69.4 Å². The number of hydrogen-bond donors (Lipinski definition) is 1. The predicted octanol–water partition coefficient (Wildman–Crippen LogP) is 1.69. The molecular weight excluding hydrogens is 282 g/mol. The number of rotatable bonds is 9. The second-order valence-electron chi connectivity index (χ2n) is 4.30. The molecule has 19 heavy (non-hydrogen) atoms. The molecule has 0 aliphatic rings. The largest absolute Gasteiger partial charge is 0.494 e. The van der Waals surface area contributed by atoms with Crippen LogP contribution in [-0.4, -0.2) is 38.5 Å². The normalized spacial score (nSPS) is 11.5. The molecule has 0 aliphatic heterocycles. The lowest BCUT2D eigenvalue weighted by Gasteiger charge is -2.07. The number of hydrogen-bond acceptors (Lipinski definition) is 5. The molecule has 1 aromatic carbocycles. The van der Waals surface area contributed by atoms with Gasteiger partial charge in [-0.05, 0) is 29.9 Å². The molecule has 0 saturated carbocycles. The minimum Gasteiger partial charge on any atom is -0.494 e. The Morgan fingerprint density at radius 1 is 1.32 bits per heavy atom. The van der Waals surface area contributed by atoms with Crippen molar-refractivity contribution < 1.29 is 13.2 Å². The van der Waals surface area contributed by atoms with Gasteiger partial charge in [0.25, 0.3) is 0 Å². The van der Waals surface area contributed by atoms with Crippen LogP contribution in [0, 0.1) is 0 Å². The molecule has 0 amide bonds. The summed E-state index contributed by atoms with van der Waals surface area (Å²) < 4.78 is 27.4. The first-order valence-electron chi connectivity index (χ1n) is 6.18. The monoisotopic (exact) mass is 303 g/mol. The minimum atomic E-state index is -2.83. The van der Waals surface area contributed by atoms with Gasteiger partial charge >= 0.3 is 0 Å². The van der Waals surface area contributed by atoms with E-state index in [1.807, 2.05) is 24.3 Å². The summed E-state index contributed by atoms with van der Waals surface area (Å²) in [5.74, 6) is 2.65. The van der Waals surface area contributed by atoms with Gasteiger partial charge in [0.15, 0.2) is 0 Å². The van der Waals surface area contributed by atoms with Crippen LogP contribution in [0.25, 0.3) is 0 Å². The van der Waals surface area contributed by atoms with E-state index in [4.69, 9.17) is 10.5 Å². The highest BCUT2D eigenvalue weighted by Crippen LogP contribution is 2.13. The van der Waals surface area contributed by atoms with Gasteiger partial charge in [-0.25, -0.2) is 8.42 Å². The molecule has 0 atom stereocenters. The maximum Gasteiger partial charge on any atom is 0.148 e. The summed E-state index contributed by atoms with van der Waals surface area (Å²) in [7, 11) is -2.83. The summed E-state index contributed by atoms with van der Waals surface area (Å²) in [6.45, 7) is 1.15. The summed E-state index contributed by atoms with van der Waals surface area (Å²) in [5.41, 5.74) is 6.61. The Labute approximate surface area is 119 Å². The lowest BCUT2D eigenvalue weighted by atomic mass is 10.2. The van der Waals surface area contributed by atoms with Crippen LogP contribution in [-0.2, 0) is 16.4 Å². The molecule has 6 heteroatoms. The first-order chi connectivity index (χ1) is 9.01. The third-order valence-corrected chi connectivity index (χ3v) is 4.71. The van der Waals surface area contributed by atoms with E-state index in [0.717, 1.165) is 23.5 Å². The Bertz CT molecular complexity index is 475. The van der Waals surface area contributed by atoms with Crippen molar-refractivity contribution >= 4 is 21.6 Å². The van der Waals surface area contributed by atoms with Crippen molar-refractivity contribution in [3.8, 4) is 5.75 Å². The van der Waals surface area contributed by atoms with Crippen LogP contribution < -0.4 is 10.5 Å². The SMILES string of the molecule is CS(=O)(=O)CCSCCCOc1cccc(CN)c1. The Morgan fingerprint density at radius 2 is 2.11 bits per heavy atom. The van der Waals surface area contributed by atoms with Gasteiger partial charge in [-0.1, -0.05) is 12.1 Å². The Kier molecular flexibility index (Phi) is 7.27. The molecular formula is C13H21NO3S2. The molecule has 108 valence electrons. The average Bonchev–Trinajstić information content (AvgIpc) is 2.36. The molecule has 0 radical (unpaired) electrons. The maximum atomic E-state index is 10.9. The zero-order valence-electron chi connectivity index (χ0n) is 11.2. The third kappa shape index (κ3) is 8.13. The second kappa shape index (κ2) is 8.45. The highest BCUT2D eigenvalue weighted by molar-refractivity contribution is 8.00. The molecule has 0 fully saturated rings. The van der Waals surface area contributed by atoms with Gasteiger partial charge in [-0.2, -0.15) is 11.8 Å². The van der Waals surface area contributed by atoms with E-state index in [9.17, 15) is 8.42 Å². The fraction of sp³-hybridized carbons (Fsp3) is 0.538. The second-order valence-corrected chi connectivity index (χ2v) is 7.78. The predicted molar refractivity (Wildman–Crippen MR) is 81.5 cm³/mol. The standard InChI is InChI=1S/C13H21NO3S2/c1-19(15,16)9-8-18-7-3-6-17-13-5-2-4-12(10-13)11-14/h2,4-5,10H,3,6-9,11,14H2,1H3. The van der Waals surface area contributed by atoms with Crippen molar-refractivity contribution in [3.63, 3.8) is 0 Å². The van der Waals surface area contributed by atoms with Gasteiger partial charge in [-0.3, -0.25) is 0 Å². The Balaban J connectivity index is 2.10. The minimum absolute atomic E-state index is 0.247. The van der Waals surface area contributed by atoms with Crippen LogP contribution in [0.15, 0.2) is 24.3 Å². The van der Waals surface area contributed by atoms with Crippen molar-refractivity contribution in [2.24, 2.45) is 5.73 Å². The van der Waals surface area contributed by atoms with E-state index in [0.29, 0.717) is 18.9 Å². The van der Waals surface area contributed by atoms with E-state index < -0.39 is 9.84 Å². The van der Waals surface area contributed by atoms with Crippen LogP contribution in [0.1, 0.15) is 12.0 Å². The lowest BCUT2D eigenvalue weighted by molar-refractivity contribution is 0.318. The van der Waals surface area contributed by atoms with Gasteiger partial charge in [0, 0.05) is 18.6 Å². The fourth-order valence-corrected chi connectivity index (χ4v) is 3.63. The van der Waals surface area contributed by atoms with E-state index in [1.54, 1.807) is 11.8 Å². The van der Waals surface area contributed by atoms with Gasteiger partial charge in [0.2, 0.25) is 0 Å². The van der Waals surface area contributed by atoms with Gasteiger partial charge < -0.3 is 10.5 Å². The van der Waals surface area contributed by atoms with Crippen molar-refractivity contribution in [1.82, 2.24) is 0 Å². The molecule has 1 rings (SSSR count). The highest BCUT2D eigenvalue weighted by atomic mass is 32.2. The van der Waals surface area contributed by atoms with E-state index in [-0.39, 0.29) is 5.75 Å². The Hall–Kier alpha value is -0.720. The molecule has 1 aromatic rings. The molecule has 0 bridgehead atoms. The maximum absolute atomic E-state index is 10.9. The van der Waals surface area contributed by atoms with Crippen LogP contribution >= 0.6 is 11.8 Å². The first-order valence-corrected chi connectivity index (χ1v) is 9.40. The molecule has 0 spiro atoms. The zero-order valence-corrected chi connectivity index (χ0v) is 12.8. The van der Waals surface area contributed by atoms with Crippen molar-refractivity contribution in [2.45, 2.75) is 13.0 Å². The lowest BCUT2D eigenvalue weighted by Crippen LogP contribution is -2.06. The Morgan fingerprint density at radius 3 is 2.79 bits per heavy atom. The fourth-order valence-electron chi connectivity index (χ4n) is 1.43. The zero-order chi connectivity index (χ0) is 14.1. The highest BCUT2D eigenvalue weighted by Gasteiger charge is 2.01. The smallest absolute Gasteiger partial charge is 0.148 e. The quantitative estimate of drug-likeness (QED) is 0.703. The first kappa shape index (κ1) is 16.3. The van der Waals surface area contributed by atoms with Gasteiger partial charge in [0.1, 0.15) is 15.6 Å². The van der Waals surface area contributed by atoms with Crippen LogP contribution in [0.3, 0.4) is 0 Å². The number of nitrogens with two attached hydrogens (primary N) is 1. The molecule has 0 aromatic heterocycles. The molecule has 4 nitrogen and oxygen atoms in total. The third-order valence-electron chi connectivity index (χ3n) is 2.43. The summed E-state index contributed by atoms with van der Waals surface area (Å²) >= 11 is 1.64. The summed E-state index contributed by atoms with van der Waals surface area (Å²) in [6.07, 6.45) is 2.17. The molecule has 0 aliphatic carbocycles. The van der Waals surface area contributed by atoms with Crippen molar-refractivity contribution in [2.75, 3.05) is 30.1 Å². The van der Waals surface area contributed by atoms with Crippen molar-refractivity contribution in [3.05, 3.63) is 29.8 Å². The van der Waals surface area contributed by atoms with Gasteiger partial charge in [0.05, 0.1) is 12.4 Å². The molecule has 2 N–H and O–H groups in total. The van der Waals surface area contributed by atoms with Gasteiger partial charge in [-0.15, -0.1) is 0 Å². The number of sulfone groups is 1. The molecule has 0 unspecified atom stereocenters. The van der Waals surface area contributed by atoms with E-state index in [1.165, 1.54) is 6.26 Å². The molecule has 0 saturated heterocycles. The van der Waals surface area contributed by atoms with Crippen LogP contribution in [0.5, 0.6) is 5.75 Å². The summed E-state index contributed by atoms with van der Waals surface area (Å²) in [4.78, 5) is 0. The van der Waals surface area contributed by atoms with Crippen LogP contribution in [0.4, 0.5) is 0 Å². The summed E-state index contributed by atoms with van der Waals surface area (Å²) in [5, 5.41) is 0. The summed E-state index contributed by atoms with van der Waals surface area (Å²) in [6, 6.07) is 7.75. The number of thioether (sulfide) groups is 1. The van der Waals surface area contributed by atoms with E-state index in [2.05, 4.69) is 0 Å². The molecule has 0 heterocycles.